The Morgan fingerprint density at radius 2 is 0.889 bits per heavy atom. The summed E-state index contributed by atoms with van der Waals surface area (Å²) in [5.74, 6) is 2.02. The summed E-state index contributed by atoms with van der Waals surface area (Å²) in [6.45, 7) is 1.07. The number of methoxy groups -OCH3 is 2. The molecule has 45 heavy (non-hydrogen) atoms. The van der Waals surface area contributed by atoms with Gasteiger partial charge in [0, 0.05) is 13.1 Å². The minimum atomic E-state index is -0.577. The number of halogens is 2. The lowest BCUT2D eigenvalue weighted by molar-refractivity contribution is 0.0940. The SMILES string of the molecule is COc1ccc(C2c3ccc(O)cc3C(O)CN2C)cc1.COc1ccc(C2c3ccc(O)cc3C(O)CN2C)cc1.Cl.Cl.O. The van der Waals surface area contributed by atoms with E-state index in [0.29, 0.717) is 13.1 Å². The molecule has 9 nitrogen and oxygen atoms in total. The fourth-order valence-electron chi connectivity index (χ4n) is 6.07. The van der Waals surface area contributed by atoms with Crippen LogP contribution in [0.3, 0.4) is 0 Å². The third-order valence-electron chi connectivity index (χ3n) is 8.11. The molecule has 11 heteroatoms. The first-order chi connectivity index (χ1) is 20.2. The molecule has 0 saturated heterocycles. The highest BCUT2D eigenvalue weighted by molar-refractivity contribution is 5.85. The van der Waals surface area contributed by atoms with Gasteiger partial charge in [0.05, 0.1) is 38.5 Å². The van der Waals surface area contributed by atoms with Gasteiger partial charge in [0.1, 0.15) is 23.0 Å². The summed E-state index contributed by atoms with van der Waals surface area (Å²) in [7, 11) is 7.29. The van der Waals surface area contributed by atoms with Gasteiger partial charge in [-0.15, -0.1) is 24.8 Å². The zero-order valence-corrected chi connectivity index (χ0v) is 27.3. The maximum Gasteiger partial charge on any atom is 0.118 e. The number of hydrogen-bond acceptors (Lipinski definition) is 8. The number of fused-ring (bicyclic) bond motifs is 2. The zero-order chi connectivity index (χ0) is 30.0. The lowest BCUT2D eigenvalue weighted by Gasteiger charge is -2.37. The van der Waals surface area contributed by atoms with Crippen molar-refractivity contribution in [2.75, 3.05) is 41.4 Å². The van der Waals surface area contributed by atoms with Crippen molar-refractivity contribution in [3.63, 3.8) is 0 Å². The number of phenols is 2. The second kappa shape index (κ2) is 16.1. The van der Waals surface area contributed by atoms with E-state index in [9.17, 15) is 20.4 Å². The van der Waals surface area contributed by atoms with Crippen LogP contribution in [0.25, 0.3) is 0 Å². The van der Waals surface area contributed by atoms with Crippen LogP contribution in [0.4, 0.5) is 0 Å². The molecular formula is C34H42Cl2N2O7. The Bertz CT molecular complexity index is 1410. The Kier molecular flexibility index (Phi) is 13.5. The topological polar surface area (TPSA) is 137 Å². The highest BCUT2D eigenvalue weighted by Gasteiger charge is 2.32. The Morgan fingerprint density at radius 3 is 1.20 bits per heavy atom. The van der Waals surface area contributed by atoms with Gasteiger partial charge in [0.25, 0.3) is 0 Å². The Labute approximate surface area is 276 Å². The summed E-state index contributed by atoms with van der Waals surface area (Å²) in [6, 6.07) is 26.5. The van der Waals surface area contributed by atoms with Crippen LogP contribution < -0.4 is 9.47 Å². The average Bonchev–Trinajstić information content (AvgIpc) is 2.99. The standard InChI is InChI=1S/2C17H19NO3.2ClH.H2O/c2*1-18-10-16(20)15-9-12(19)5-8-14(15)17(18)11-3-6-13(21-2)7-4-11;;;/h2*3-9,16-17,19-20H,10H2,1-2H3;2*1H;1H2. The fraction of sp³-hybridized carbons (Fsp3) is 0.294. The number of aliphatic hydroxyl groups excluding tert-OH is 2. The lowest BCUT2D eigenvalue weighted by Crippen LogP contribution is -2.35. The molecule has 0 fully saturated rings. The number of hydrogen-bond donors (Lipinski definition) is 4. The molecule has 2 aliphatic heterocycles. The Balaban J connectivity index is 0.000000294. The first kappa shape index (κ1) is 37.6. The maximum absolute atomic E-state index is 10.2. The van der Waals surface area contributed by atoms with Gasteiger partial charge in [-0.3, -0.25) is 9.80 Å². The van der Waals surface area contributed by atoms with Crippen molar-refractivity contribution in [2.45, 2.75) is 24.3 Å². The number of rotatable bonds is 4. The first-order valence-corrected chi connectivity index (χ1v) is 13.9. The van der Waals surface area contributed by atoms with Crippen molar-refractivity contribution >= 4 is 24.8 Å². The van der Waals surface area contributed by atoms with Crippen LogP contribution >= 0.6 is 24.8 Å². The molecule has 4 unspecified atom stereocenters. The molecule has 0 radical (unpaired) electrons. The number of likely N-dealkylation sites (N-methyl/N-ethyl adjacent to an activating group) is 2. The van der Waals surface area contributed by atoms with Crippen molar-refractivity contribution < 1.29 is 35.4 Å². The molecule has 0 amide bonds. The monoisotopic (exact) mass is 660 g/mol. The van der Waals surface area contributed by atoms with Crippen molar-refractivity contribution in [1.82, 2.24) is 9.80 Å². The summed E-state index contributed by atoms with van der Waals surface area (Å²) in [6.07, 6.45) is -1.15. The van der Waals surface area contributed by atoms with E-state index in [2.05, 4.69) is 9.80 Å². The van der Waals surface area contributed by atoms with E-state index in [1.54, 1.807) is 38.5 Å². The van der Waals surface area contributed by atoms with Crippen LogP contribution in [0.5, 0.6) is 23.0 Å². The molecule has 0 saturated carbocycles. The van der Waals surface area contributed by atoms with Crippen LogP contribution in [0.1, 0.15) is 57.7 Å². The predicted molar refractivity (Wildman–Crippen MR) is 179 cm³/mol. The average molecular weight is 662 g/mol. The van der Waals surface area contributed by atoms with Gasteiger partial charge in [0.15, 0.2) is 0 Å². The summed E-state index contributed by atoms with van der Waals surface area (Å²) in [4.78, 5) is 4.23. The summed E-state index contributed by atoms with van der Waals surface area (Å²) >= 11 is 0. The highest BCUT2D eigenvalue weighted by Crippen LogP contribution is 2.41. The number of benzene rings is 4. The minimum Gasteiger partial charge on any atom is -0.508 e. The fourth-order valence-corrected chi connectivity index (χ4v) is 6.07. The molecule has 4 atom stereocenters. The van der Waals surface area contributed by atoms with Crippen LogP contribution in [0.15, 0.2) is 84.9 Å². The van der Waals surface area contributed by atoms with E-state index in [-0.39, 0.29) is 53.9 Å². The van der Waals surface area contributed by atoms with Crippen molar-refractivity contribution in [3.05, 3.63) is 118 Å². The molecule has 0 aromatic heterocycles. The van der Waals surface area contributed by atoms with Gasteiger partial charge >= 0.3 is 0 Å². The van der Waals surface area contributed by atoms with Gasteiger partial charge in [-0.25, -0.2) is 0 Å². The minimum absolute atomic E-state index is 0. The number of ether oxygens (including phenoxy) is 2. The van der Waals surface area contributed by atoms with Crippen LogP contribution in [0, 0.1) is 0 Å². The number of phenolic OH excluding ortho intramolecular Hbond substituents is 2. The molecule has 4 aromatic rings. The van der Waals surface area contributed by atoms with Crippen molar-refractivity contribution in [2.24, 2.45) is 0 Å². The molecule has 4 aromatic carbocycles. The molecule has 6 N–H and O–H groups in total. The lowest BCUT2D eigenvalue weighted by atomic mass is 9.87. The maximum atomic E-state index is 10.2. The Hall–Kier alpha value is -3.54. The number of aliphatic hydroxyl groups is 2. The van der Waals surface area contributed by atoms with Crippen molar-refractivity contribution in [1.29, 1.82) is 0 Å². The Morgan fingerprint density at radius 1 is 0.556 bits per heavy atom. The van der Waals surface area contributed by atoms with Gasteiger partial charge < -0.3 is 35.4 Å². The van der Waals surface area contributed by atoms with E-state index in [1.807, 2.05) is 74.8 Å². The summed E-state index contributed by atoms with van der Waals surface area (Å²) in [5, 5.41) is 39.8. The number of nitrogens with zero attached hydrogens (tertiary/aromatic N) is 2. The van der Waals surface area contributed by atoms with Crippen LogP contribution in [0.2, 0.25) is 0 Å². The third kappa shape index (κ3) is 8.01. The second-order valence-corrected chi connectivity index (χ2v) is 10.9. The molecule has 2 heterocycles. The molecule has 6 rings (SSSR count). The van der Waals surface area contributed by atoms with Gasteiger partial charge in [-0.2, -0.15) is 0 Å². The first-order valence-electron chi connectivity index (χ1n) is 13.9. The van der Waals surface area contributed by atoms with Gasteiger partial charge in [-0.1, -0.05) is 36.4 Å². The third-order valence-corrected chi connectivity index (χ3v) is 8.11. The zero-order valence-electron chi connectivity index (χ0n) is 25.6. The predicted octanol–water partition coefficient (Wildman–Crippen LogP) is 4.96. The van der Waals surface area contributed by atoms with Gasteiger partial charge in [0.2, 0.25) is 0 Å². The summed E-state index contributed by atoms with van der Waals surface area (Å²) < 4.78 is 10.4. The smallest absolute Gasteiger partial charge is 0.118 e. The quantitative estimate of drug-likeness (QED) is 0.241. The van der Waals surface area contributed by atoms with E-state index < -0.39 is 12.2 Å². The number of aromatic hydroxyl groups is 2. The molecule has 244 valence electrons. The second-order valence-electron chi connectivity index (χ2n) is 10.9. The van der Waals surface area contributed by atoms with E-state index in [4.69, 9.17) is 9.47 Å². The normalized spacial score (nSPS) is 20.4. The summed E-state index contributed by atoms with van der Waals surface area (Å²) in [5.41, 5.74) is 5.93. The largest absolute Gasteiger partial charge is 0.508 e. The van der Waals surface area contributed by atoms with E-state index in [1.165, 1.54) is 0 Å². The molecule has 0 spiro atoms. The van der Waals surface area contributed by atoms with E-state index in [0.717, 1.165) is 44.9 Å². The molecular weight excluding hydrogens is 619 g/mol. The molecule has 0 aliphatic carbocycles. The molecule has 2 aliphatic rings. The number of β-amino-alcohol motifs (C(OH)–C–C–N with tert-alkyl or cyclic N) is 2. The van der Waals surface area contributed by atoms with E-state index >= 15 is 0 Å². The molecule has 0 bridgehead atoms. The van der Waals surface area contributed by atoms with Crippen molar-refractivity contribution in [3.8, 4) is 23.0 Å². The highest BCUT2D eigenvalue weighted by atomic mass is 35.5. The van der Waals surface area contributed by atoms with Crippen LogP contribution in [-0.4, -0.2) is 77.1 Å². The van der Waals surface area contributed by atoms with Gasteiger partial charge in [-0.05, 0) is 96.0 Å². The van der Waals surface area contributed by atoms with Crippen LogP contribution in [-0.2, 0) is 0 Å².